The molecule has 0 fully saturated rings. The molecule has 33 heavy (non-hydrogen) atoms. The Kier molecular flexibility index (Phi) is 10.2. The van der Waals surface area contributed by atoms with E-state index in [1.807, 2.05) is 30.3 Å². The van der Waals surface area contributed by atoms with Gasteiger partial charge in [-0.05, 0) is 60.7 Å². The third-order valence-corrected chi connectivity index (χ3v) is 6.68. The number of hydrogen-bond acceptors (Lipinski definition) is 5. The van der Waals surface area contributed by atoms with E-state index in [1.54, 1.807) is 26.2 Å². The van der Waals surface area contributed by atoms with Gasteiger partial charge in [0.1, 0.15) is 12.6 Å². The Hall–Kier alpha value is -2.55. The zero-order chi connectivity index (χ0) is 24.4. The highest BCUT2D eigenvalue weighted by Crippen LogP contribution is 2.29. The van der Waals surface area contributed by atoms with Crippen LogP contribution in [-0.2, 0) is 21.2 Å². The first-order valence-corrected chi connectivity index (χ1v) is 12.7. The number of hydrogen-bond donors (Lipinski definition) is 2. The molecule has 0 bridgehead atoms. The summed E-state index contributed by atoms with van der Waals surface area (Å²) in [6, 6.07) is 12.2. The van der Waals surface area contributed by atoms with Crippen LogP contribution in [0.2, 0.25) is 5.02 Å². The Labute approximate surface area is 201 Å². The normalized spacial score (nSPS) is 12.1. The van der Waals surface area contributed by atoms with Crippen LogP contribution in [-0.4, -0.2) is 46.4 Å². The van der Waals surface area contributed by atoms with Crippen molar-refractivity contribution in [1.82, 2.24) is 10.0 Å². The fourth-order valence-corrected chi connectivity index (χ4v) is 4.00. The largest absolute Gasteiger partial charge is 0.493 e. The maximum absolute atomic E-state index is 12.3. The van der Waals surface area contributed by atoms with Gasteiger partial charge in [-0.1, -0.05) is 43.3 Å². The first-order chi connectivity index (χ1) is 15.7. The number of carbonyl (C=O) groups is 1. The van der Waals surface area contributed by atoms with E-state index >= 15 is 0 Å². The number of halogens is 1. The summed E-state index contributed by atoms with van der Waals surface area (Å²) in [5.74, 6) is 0.741. The first kappa shape index (κ1) is 26.7. The molecule has 0 heterocycles. The molecule has 2 aromatic carbocycles. The molecular weight excluding hydrogens is 464 g/mol. The average molecular weight is 495 g/mol. The molecule has 7 nitrogen and oxygen atoms in total. The molecular formula is C24H31ClN2O5S. The van der Waals surface area contributed by atoms with Crippen molar-refractivity contribution in [2.24, 2.45) is 0 Å². The molecule has 180 valence electrons. The van der Waals surface area contributed by atoms with E-state index in [0.29, 0.717) is 42.5 Å². The van der Waals surface area contributed by atoms with E-state index in [-0.39, 0.29) is 11.7 Å². The van der Waals surface area contributed by atoms with Gasteiger partial charge in [0.05, 0.1) is 12.9 Å². The second-order valence-electron chi connectivity index (χ2n) is 7.41. The molecule has 0 spiro atoms. The van der Waals surface area contributed by atoms with E-state index in [1.165, 1.54) is 6.92 Å². The summed E-state index contributed by atoms with van der Waals surface area (Å²) >= 11 is 5.92. The van der Waals surface area contributed by atoms with E-state index in [2.05, 4.69) is 16.6 Å². The van der Waals surface area contributed by atoms with E-state index in [9.17, 15) is 13.2 Å². The van der Waals surface area contributed by atoms with E-state index < -0.39 is 16.1 Å². The van der Waals surface area contributed by atoms with Gasteiger partial charge in [0.25, 0.3) is 0 Å². The van der Waals surface area contributed by atoms with Gasteiger partial charge >= 0.3 is 0 Å². The topological polar surface area (TPSA) is 93.7 Å². The third kappa shape index (κ3) is 8.38. The van der Waals surface area contributed by atoms with Crippen LogP contribution >= 0.6 is 11.6 Å². The summed E-state index contributed by atoms with van der Waals surface area (Å²) in [5.41, 5.74) is 2.69. The molecule has 0 aliphatic rings. The minimum absolute atomic E-state index is 0.0714. The van der Waals surface area contributed by atoms with Crippen LogP contribution in [0.3, 0.4) is 0 Å². The van der Waals surface area contributed by atoms with Crippen molar-refractivity contribution in [2.75, 3.05) is 26.0 Å². The summed E-state index contributed by atoms with van der Waals surface area (Å²) in [6.07, 6.45) is 0.920. The highest BCUT2D eigenvalue weighted by atomic mass is 35.5. The number of amides is 1. The number of nitrogens with one attached hydrogen (secondary N) is 2. The molecule has 1 amide bonds. The SMILES string of the molecule is C=C(COc1ccc(CCNC(=O)C(CC)NS(=O)(=O)CC)cc1OC)c1ccc(Cl)cc1. The van der Waals surface area contributed by atoms with E-state index in [4.69, 9.17) is 21.1 Å². The van der Waals surface area contributed by atoms with Gasteiger partial charge in [-0.25, -0.2) is 13.1 Å². The molecule has 0 saturated heterocycles. The van der Waals surface area contributed by atoms with Crippen molar-refractivity contribution >= 4 is 33.1 Å². The highest BCUT2D eigenvalue weighted by Gasteiger charge is 2.21. The Bertz CT molecular complexity index is 1060. The Morgan fingerprint density at radius 2 is 1.82 bits per heavy atom. The molecule has 0 saturated carbocycles. The van der Waals surface area contributed by atoms with Crippen molar-refractivity contribution in [1.29, 1.82) is 0 Å². The lowest BCUT2D eigenvalue weighted by atomic mass is 10.1. The lowest BCUT2D eigenvalue weighted by Gasteiger charge is -2.17. The molecule has 2 aromatic rings. The monoisotopic (exact) mass is 494 g/mol. The van der Waals surface area contributed by atoms with Crippen molar-refractivity contribution < 1.29 is 22.7 Å². The standard InChI is InChI=1S/C24H31ClN2O5S/c1-5-21(27-33(29,30)6-2)24(28)26-14-13-18-7-12-22(23(15-18)31-4)32-16-17(3)19-8-10-20(25)11-9-19/h7-12,15,21,27H,3,5-6,13-14,16H2,1-2,4H3,(H,26,28). The van der Waals surface area contributed by atoms with Crippen molar-refractivity contribution in [3.05, 3.63) is 65.2 Å². The van der Waals surface area contributed by atoms with Crippen LogP contribution < -0.4 is 19.5 Å². The lowest BCUT2D eigenvalue weighted by Crippen LogP contribution is -2.47. The molecule has 2 N–H and O–H groups in total. The van der Waals surface area contributed by atoms with Crippen molar-refractivity contribution in [2.45, 2.75) is 32.7 Å². The predicted octanol–water partition coefficient (Wildman–Crippen LogP) is 3.82. The lowest BCUT2D eigenvalue weighted by molar-refractivity contribution is -0.122. The summed E-state index contributed by atoms with van der Waals surface area (Å²) in [7, 11) is -1.89. The molecule has 1 unspecified atom stereocenters. The highest BCUT2D eigenvalue weighted by molar-refractivity contribution is 7.89. The average Bonchev–Trinajstić information content (AvgIpc) is 2.81. The zero-order valence-electron chi connectivity index (χ0n) is 19.2. The Balaban J connectivity index is 1.91. The summed E-state index contributed by atoms with van der Waals surface area (Å²) in [4.78, 5) is 12.3. The van der Waals surface area contributed by atoms with Gasteiger partial charge in [0.2, 0.25) is 15.9 Å². The van der Waals surface area contributed by atoms with Gasteiger partial charge in [0, 0.05) is 11.6 Å². The molecule has 2 rings (SSSR count). The zero-order valence-corrected chi connectivity index (χ0v) is 20.8. The second kappa shape index (κ2) is 12.6. The quantitative estimate of drug-likeness (QED) is 0.441. The fraction of sp³-hybridized carbons (Fsp3) is 0.375. The van der Waals surface area contributed by atoms with Crippen molar-refractivity contribution in [3.63, 3.8) is 0 Å². The minimum Gasteiger partial charge on any atom is -0.493 e. The van der Waals surface area contributed by atoms with Crippen LogP contribution in [0.5, 0.6) is 11.5 Å². The summed E-state index contributed by atoms with van der Waals surface area (Å²) in [5, 5.41) is 3.44. The molecule has 0 aliphatic heterocycles. The molecule has 0 aliphatic carbocycles. The number of benzene rings is 2. The number of ether oxygens (including phenoxy) is 2. The van der Waals surface area contributed by atoms with Crippen LogP contribution in [0.25, 0.3) is 5.57 Å². The smallest absolute Gasteiger partial charge is 0.238 e. The molecule has 0 aromatic heterocycles. The van der Waals surface area contributed by atoms with Crippen LogP contribution in [0.15, 0.2) is 49.0 Å². The summed E-state index contributed by atoms with van der Waals surface area (Å²) < 4.78 is 37.2. The fourth-order valence-electron chi connectivity index (χ4n) is 3.00. The third-order valence-electron chi connectivity index (χ3n) is 5.02. The van der Waals surface area contributed by atoms with Gasteiger partial charge in [-0.3, -0.25) is 4.79 Å². The minimum atomic E-state index is -3.45. The molecule has 1 atom stereocenters. The number of sulfonamides is 1. The van der Waals surface area contributed by atoms with Gasteiger partial charge < -0.3 is 14.8 Å². The van der Waals surface area contributed by atoms with Crippen LogP contribution in [0.4, 0.5) is 0 Å². The second-order valence-corrected chi connectivity index (χ2v) is 9.89. The predicted molar refractivity (Wildman–Crippen MR) is 132 cm³/mol. The maximum Gasteiger partial charge on any atom is 0.238 e. The van der Waals surface area contributed by atoms with Crippen LogP contribution in [0, 0.1) is 0 Å². The summed E-state index contributed by atoms with van der Waals surface area (Å²) in [6.45, 7) is 8.00. The number of methoxy groups -OCH3 is 1. The number of rotatable bonds is 13. The van der Waals surface area contributed by atoms with E-state index in [0.717, 1.165) is 16.7 Å². The molecule has 9 heteroatoms. The maximum atomic E-state index is 12.3. The van der Waals surface area contributed by atoms with Gasteiger partial charge in [-0.15, -0.1) is 0 Å². The first-order valence-electron chi connectivity index (χ1n) is 10.7. The number of carbonyl (C=O) groups excluding carboxylic acids is 1. The molecule has 0 radical (unpaired) electrons. The van der Waals surface area contributed by atoms with Crippen molar-refractivity contribution in [3.8, 4) is 11.5 Å². The Morgan fingerprint density at radius 1 is 1.12 bits per heavy atom. The Morgan fingerprint density at radius 3 is 2.42 bits per heavy atom. The van der Waals surface area contributed by atoms with Crippen LogP contribution in [0.1, 0.15) is 31.4 Å². The van der Waals surface area contributed by atoms with Gasteiger partial charge in [-0.2, -0.15) is 0 Å². The van der Waals surface area contributed by atoms with Gasteiger partial charge in [0.15, 0.2) is 11.5 Å².